The molecule has 0 aliphatic carbocycles. The molecule has 31 heavy (non-hydrogen) atoms. The number of amides is 1. The molecule has 8 nitrogen and oxygen atoms in total. The molecule has 1 aliphatic heterocycles. The lowest BCUT2D eigenvalue weighted by atomic mass is 10.2. The molecule has 1 amide bonds. The summed E-state index contributed by atoms with van der Waals surface area (Å²) in [7, 11) is 0. The van der Waals surface area contributed by atoms with E-state index in [-0.39, 0.29) is 11.5 Å². The van der Waals surface area contributed by atoms with Gasteiger partial charge in [0, 0.05) is 30.9 Å². The molecule has 0 unspecified atom stereocenters. The third-order valence-electron chi connectivity index (χ3n) is 5.87. The van der Waals surface area contributed by atoms with Gasteiger partial charge in [-0.1, -0.05) is 12.1 Å². The predicted octanol–water partition coefficient (Wildman–Crippen LogP) is 2.91. The van der Waals surface area contributed by atoms with Crippen molar-refractivity contribution in [2.24, 2.45) is 0 Å². The summed E-state index contributed by atoms with van der Waals surface area (Å²) in [5.41, 5.74) is 2.33. The number of likely N-dealkylation sites (tertiary alicyclic amines) is 1. The third-order valence-corrected chi connectivity index (χ3v) is 5.87. The molecule has 8 heteroatoms. The fourth-order valence-electron chi connectivity index (χ4n) is 4.23. The van der Waals surface area contributed by atoms with Crippen LogP contribution in [0.3, 0.4) is 0 Å². The number of carbonyl (C=O) groups excluding carboxylic acids is 1. The van der Waals surface area contributed by atoms with E-state index in [0.717, 1.165) is 37.1 Å². The Kier molecular flexibility index (Phi) is 4.89. The van der Waals surface area contributed by atoms with Gasteiger partial charge in [-0.2, -0.15) is 0 Å². The number of hydrogen-bond donors (Lipinski definition) is 1. The van der Waals surface area contributed by atoms with Crippen LogP contribution in [-0.4, -0.2) is 43.1 Å². The molecule has 158 valence electrons. The molecular formula is C23H24N6O2. The Morgan fingerprint density at radius 2 is 1.77 bits per heavy atom. The number of nitrogens with zero attached hydrogens (tertiary/aromatic N) is 5. The summed E-state index contributed by atoms with van der Waals surface area (Å²) in [6.45, 7) is 4.57. The van der Waals surface area contributed by atoms with Crippen molar-refractivity contribution in [2.75, 3.05) is 18.4 Å². The Labute approximate surface area is 179 Å². The van der Waals surface area contributed by atoms with Gasteiger partial charge in [-0.25, -0.2) is 0 Å². The first-order valence-electron chi connectivity index (χ1n) is 10.7. The van der Waals surface area contributed by atoms with Crippen molar-refractivity contribution in [3.63, 3.8) is 0 Å². The fourth-order valence-corrected chi connectivity index (χ4v) is 4.23. The molecular weight excluding hydrogens is 392 g/mol. The molecule has 0 saturated carbocycles. The van der Waals surface area contributed by atoms with Crippen LogP contribution in [0.15, 0.2) is 53.3 Å². The number of rotatable bonds is 5. The maximum atomic E-state index is 12.8. The van der Waals surface area contributed by atoms with Gasteiger partial charge in [0.1, 0.15) is 0 Å². The smallest absolute Gasteiger partial charge is 0.262 e. The summed E-state index contributed by atoms with van der Waals surface area (Å²) in [4.78, 5) is 27.2. The van der Waals surface area contributed by atoms with Gasteiger partial charge in [-0.15, -0.1) is 10.2 Å². The van der Waals surface area contributed by atoms with Crippen LogP contribution in [-0.2, 0) is 13.1 Å². The number of aromatic nitrogens is 4. The first kappa shape index (κ1) is 19.3. The minimum absolute atomic E-state index is 0.0595. The van der Waals surface area contributed by atoms with E-state index in [1.165, 1.54) is 0 Å². The summed E-state index contributed by atoms with van der Waals surface area (Å²) < 4.78 is 3.57. The van der Waals surface area contributed by atoms with Crippen molar-refractivity contribution in [1.29, 1.82) is 0 Å². The molecule has 0 radical (unpaired) electrons. The molecule has 3 heterocycles. The van der Waals surface area contributed by atoms with E-state index in [1.54, 1.807) is 4.57 Å². The van der Waals surface area contributed by atoms with Gasteiger partial charge in [0.05, 0.1) is 17.4 Å². The normalized spacial score (nSPS) is 13.9. The van der Waals surface area contributed by atoms with E-state index < -0.39 is 0 Å². The van der Waals surface area contributed by atoms with Crippen LogP contribution in [0.25, 0.3) is 16.7 Å². The molecule has 0 bridgehead atoms. The van der Waals surface area contributed by atoms with E-state index in [0.29, 0.717) is 35.6 Å². The SMILES string of the molecule is CCn1c(=O)c2ccccc2n2c(CNc3ccc(C(=O)N4CCCC4)cc3)nnc12. The van der Waals surface area contributed by atoms with Crippen LogP contribution in [0.1, 0.15) is 35.9 Å². The maximum absolute atomic E-state index is 12.8. The van der Waals surface area contributed by atoms with Crippen LogP contribution in [0.4, 0.5) is 5.69 Å². The first-order chi connectivity index (χ1) is 15.2. The standard InChI is InChI=1S/C23H24N6O2/c1-2-28-22(31)18-7-3-4-8-19(18)29-20(25-26-23(28)29)15-24-17-11-9-16(10-12-17)21(30)27-13-5-6-14-27/h3-4,7-12,24H,2,5-6,13-15H2,1H3. The number of aryl methyl sites for hydroxylation is 1. The number of carbonyl (C=O) groups is 1. The zero-order valence-corrected chi connectivity index (χ0v) is 17.4. The largest absolute Gasteiger partial charge is 0.378 e. The van der Waals surface area contributed by atoms with Gasteiger partial charge in [-0.05, 0) is 56.2 Å². The van der Waals surface area contributed by atoms with Gasteiger partial charge in [0.25, 0.3) is 11.5 Å². The van der Waals surface area contributed by atoms with Crippen molar-refractivity contribution in [1.82, 2.24) is 24.1 Å². The molecule has 1 aliphatic rings. The summed E-state index contributed by atoms with van der Waals surface area (Å²) in [6.07, 6.45) is 2.16. The predicted molar refractivity (Wildman–Crippen MR) is 119 cm³/mol. The van der Waals surface area contributed by atoms with Crippen molar-refractivity contribution < 1.29 is 4.79 Å². The van der Waals surface area contributed by atoms with Crippen molar-refractivity contribution in [3.8, 4) is 0 Å². The fraction of sp³-hybridized carbons (Fsp3) is 0.304. The molecule has 1 saturated heterocycles. The lowest BCUT2D eigenvalue weighted by Crippen LogP contribution is -2.27. The lowest BCUT2D eigenvalue weighted by molar-refractivity contribution is 0.0793. The van der Waals surface area contributed by atoms with Gasteiger partial charge >= 0.3 is 0 Å². The first-order valence-corrected chi connectivity index (χ1v) is 10.7. The van der Waals surface area contributed by atoms with Crippen molar-refractivity contribution in [3.05, 3.63) is 70.3 Å². The highest BCUT2D eigenvalue weighted by Crippen LogP contribution is 2.18. The highest BCUT2D eigenvalue weighted by Gasteiger charge is 2.19. The van der Waals surface area contributed by atoms with E-state index in [4.69, 9.17) is 0 Å². The van der Waals surface area contributed by atoms with E-state index in [2.05, 4.69) is 15.5 Å². The van der Waals surface area contributed by atoms with Crippen LogP contribution in [0.2, 0.25) is 0 Å². The Hall–Kier alpha value is -3.68. The molecule has 1 fully saturated rings. The Morgan fingerprint density at radius 3 is 2.52 bits per heavy atom. The second-order valence-electron chi connectivity index (χ2n) is 7.75. The summed E-state index contributed by atoms with van der Waals surface area (Å²) in [6, 6.07) is 15.0. The number of para-hydroxylation sites is 1. The van der Waals surface area contributed by atoms with Gasteiger partial charge in [0.15, 0.2) is 5.82 Å². The minimum atomic E-state index is -0.0595. The van der Waals surface area contributed by atoms with E-state index >= 15 is 0 Å². The number of benzene rings is 2. The quantitative estimate of drug-likeness (QED) is 0.541. The molecule has 2 aromatic heterocycles. The van der Waals surface area contributed by atoms with Crippen LogP contribution >= 0.6 is 0 Å². The van der Waals surface area contributed by atoms with Gasteiger partial charge in [-0.3, -0.25) is 18.6 Å². The molecule has 0 spiro atoms. The maximum Gasteiger partial charge on any atom is 0.262 e. The monoisotopic (exact) mass is 416 g/mol. The molecule has 2 aromatic carbocycles. The number of anilines is 1. The topological polar surface area (TPSA) is 84.5 Å². The average molecular weight is 416 g/mol. The number of nitrogens with one attached hydrogen (secondary N) is 1. The van der Waals surface area contributed by atoms with Gasteiger partial charge < -0.3 is 10.2 Å². The summed E-state index contributed by atoms with van der Waals surface area (Å²) >= 11 is 0. The Morgan fingerprint density at radius 1 is 1.03 bits per heavy atom. The minimum Gasteiger partial charge on any atom is -0.378 e. The summed E-state index contributed by atoms with van der Waals surface area (Å²) in [5, 5.41) is 12.6. The van der Waals surface area contributed by atoms with Crippen molar-refractivity contribution in [2.45, 2.75) is 32.9 Å². The molecule has 1 N–H and O–H groups in total. The van der Waals surface area contributed by atoms with E-state index in [9.17, 15) is 9.59 Å². The Balaban J connectivity index is 1.42. The highest BCUT2D eigenvalue weighted by molar-refractivity contribution is 5.94. The second kappa shape index (κ2) is 7.86. The Bertz CT molecular complexity index is 1320. The zero-order valence-electron chi connectivity index (χ0n) is 17.4. The van der Waals surface area contributed by atoms with E-state index in [1.807, 2.05) is 64.8 Å². The summed E-state index contributed by atoms with van der Waals surface area (Å²) in [5.74, 6) is 1.34. The van der Waals surface area contributed by atoms with Gasteiger partial charge in [0.2, 0.25) is 5.78 Å². The number of fused-ring (bicyclic) bond motifs is 3. The molecule has 4 aromatic rings. The third kappa shape index (κ3) is 3.34. The highest BCUT2D eigenvalue weighted by atomic mass is 16.2. The van der Waals surface area contributed by atoms with Crippen molar-refractivity contribution >= 4 is 28.3 Å². The van der Waals surface area contributed by atoms with Crippen LogP contribution in [0, 0.1) is 0 Å². The zero-order chi connectivity index (χ0) is 21.4. The molecule has 5 rings (SSSR count). The molecule has 0 atom stereocenters. The average Bonchev–Trinajstić information content (AvgIpc) is 3.49. The second-order valence-corrected chi connectivity index (χ2v) is 7.75. The van der Waals surface area contributed by atoms with Crippen LogP contribution < -0.4 is 10.9 Å². The number of hydrogen-bond acceptors (Lipinski definition) is 5. The van der Waals surface area contributed by atoms with Crippen LogP contribution in [0.5, 0.6) is 0 Å². The lowest BCUT2D eigenvalue weighted by Gasteiger charge is -2.15.